The summed E-state index contributed by atoms with van der Waals surface area (Å²) in [4.78, 5) is 35.2. The van der Waals surface area contributed by atoms with Crippen molar-refractivity contribution in [1.82, 2.24) is 10.2 Å². The lowest BCUT2D eigenvalue weighted by atomic mass is 10.2. The molecule has 0 aromatic heterocycles. The molecule has 0 bridgehead atoms. The summed E-state index contributed by atoms with van der Waals surface area (Å²) in [7, 11) is 1.45. The van der Waals surface area contributed by atoms with Crippen LogP contribution in [0.4, 0.5) is 4.79 Å². The molecule has 0 spiro atoms. The topological polar surface area (TPSA) is 118 Å². The quantitative estimate of drug-likeness (QED) is 0.232. The third-order valence-corrected chi connectivity index (χ3v) is 2.37. The second kappa shape index (κ2) is 10.4. The smallest absolute Gasteiger partial charge is 0.414 e. The van der Waals surface area contributed by atoms with Gasteiger partial charge in [0.15, 0.2) is 0 Å². The number of amides is 1. The number of likely N-dealkylation sites (N-methyl/N-ethyl adjacent to an activating group) is 1. The van der Waals surface area contributed by atoms with Crippen LogP contribution in [0.15, 0.2) is 0 Å². The number of nitrogens with one attached hydrogen (secondary N) is 2. The third kappa shape index (κ3) is 10.1. The Kier molecular flexibility index (Phi) is 9.36. The monoisotopic (exact) mass is 331 g/mol. The van der Waals surface area contributed by atoms with Crippen molar-refractivity contribution in [2.24, 2.45) is 5.92 Å². The fraction of sp³-hybridized carbons (Fsp3) is 0.714. The van der Waals surface area contributed by atoms with Gasteiger partial charge in [-0.3, -0.25) is 20.3 Å². The van der Waals surface area contributed by atoms with Crippen molar-refractivity contribution in [3.8, 4) is 0 Å². The standard InChI is InChI=1S/C14H25N3O6/c1-9(2)12(19)21-6-7-22-14(20)16-13(15)17(5)8-11(18)23-10(3)4/h9-10H,6-8H2,1-5H3,(H2,15,16,20). The number of esters is 2. The van der Waals surface area contributed by atoms with Crippen molar-refractivity contribution in [1.29, 1.82) is 5.41 Å². The summed E-state index contributed by atoms with van der Waals surface area (Å²) in [6, 6.07) is 0. The average molecular weight is 331 g/mol. The van der Waals surface area contributed by atoms with E-state index in [0.717, 1.165) is 0 Å². The van der Waals surface area contributed by atoms with Gasteiger partial charge in [-0.1, -0.05) is 13.8 Å². The van der Waals surface area contributed by atoms with Gasteiger partial charge in [0.25, 0.3) is 0 Å². The molecule has 9 heteroatoms. The Labute approximate surface area is 135 Å². The number of alkyl carbamates (subject to hydrolysis) is 1. The highest BCUT2D eigenvalue weighted by molar-refractivity contribution is 5.93. The fourth-order valence-electron chi connectivity index (χ4n) is 1.24. The molecular formula is C14H25N3O6. The first-order valence-corrected chi connectivity index (χ1v) is 7.23. The zero-order valence-corrected chi connectivity index (χ0v) is 14.2. The molecule has 0 saturated heterocycles. The lowest BCUT2D eigenvalue weighted by Gasteiger charge is -2.19. The van der Waals surface area contributed by atoms with Gasteiger partial charge in [0.2, 0.25) is 5.96 Å². The molecule has 1 amide bonds. The Morgan fingerprint density at radius 1 is 1.09 bits per heavy atom. The van der Waals surface area contributed by atoms with E-state index >= 15 is 0 Å². The molecule has 0 aliphatic carbocycles. The number of carbonyl (C=O) groups is 3. The predicted octanol–water partition coefficient (Wildman–Crippen LogP) is 0.730. The highest BCUT2D eigenvalue weighted by Crippen LogP contribution is 1.95. The van der Waals surface area contributed by atoms with E-state index in [2.05, 4.69) is 5.32 Å². The highest BCUT2D eigenvalue weighted by atomic mass is 16.6. The molecule has 0 saturated carbocycles. The molecular weight excluding hydrogens is 306 g/mol. The summed E-state index contributed by atoms with van der Waals surface area (Å²) < 4.78 is 14.5. The fourth-order valence-corrected chi connectivity index (χ4v) is 1.24. The number of rotatable bonds is 7. The molecule has 2 N–H and O–H groups in total. The third-order valence-electron chi connectivity index (χ3n) is 2.37. The number of hydrogen-bond donors (Lipinski definition) is 2. The van der Waals surface area contributed by atoms with E-state index in [-0.39, 0.29) is 43.7 Å². The largest absolute Gasteiger partial charge is 0.462 e. The van der Waals surface area contributed by atoms with Crippen molar-refractivity contribution in [3.05, 3.63) is 0 Å². The first kappa shape index (κ1) is 20.7. The van der Waals surface area contributed by atoms with Gasteiger partial charge in [0.1, 0.15) is 19.8 Å². The molecule has 132 valence electrons. The van der Waals surface area contributed by atoms with Crippen LogP contribution in [0, 0.1) is 11.3 Å². The zero-order chi connectivity index (χ0) is 18.0. The van der Waals surface area contributed by atoms with Crippen LogP contribution in [0.2, 0.25) is 0 Å². The lowest BCUT2D eigenvalue weighted by molar-refractivity contribution is -0.148. The average Bonchev–Trinajstić information content (AvgIpc) is 2.41. The Morgan fingerprint density at radius 2 is 1.65 bits per heavy atom. The molecule has 0 unspecified atom stereocenters. The van der Waals surface area contributed by atoms with Gasteiger partial charge in [0, 0.05) is 7.05 Å². The van der Waals surface area contributed by atoms with E-state index in [4.69, 9.17) is 19.6 Å². The van der Waals surface area contributed by atoms with Crippen LogP contribution in [-0.2, 0) is 23.8 Å². The van der Waals surface area contributed by atoms with Crippen molar-refractivity contribution < 1.29 is 28.6 Å². The number of carbonyl (C=O) groups excluding carboxylic acids is 3. The van der Waals surface area contributed by atoms with Crippen LogP contribution in [0.1, 0.15) is 27.7 Å². The molecule has 23 heavy (non-hydrogen) atoms. The Morgan fingerprint density at radius 3 is 2.17 bits per heavy atom. The molecule has 0 aromatic carbocycles. The molecule has 0 aromatic rings. The maximum absolute atomic E-state index is 11.4. The predicted molar refractivity (Wildman–Crippen MR) is 81.9 cm³/mol. The van der Waals surface area contributed by atoms with Gasteiger partial charge in [-0.15, -0.1) is 0 Å². The van der Waals surface area contributed by atoms with Gasteiger partial charge in [0.05, 0.1) is 12.0 Å². The first-order valence-electron chi connectivity index (χ1n) is 7.23. The van der Waals surface area contributed by atoms with Crippen molar-refractivity contribution in [2.75, 3.05) is 26.8 Å². The van der Waals surface area contributed by atoms with Gasteiger partial charge in [-0.25, -0.2) is 4.79 Å². The number of nitrogens with zero attached hydrogens (tertiary/aromatic N) is 1. The summed E-state index contributed by atoms with van der Waals surface area (Å²) >= 11 is 0. The maximum atomic E-state index is 11.4. The molecule has 0 radical (unpaired) electrons. The summed E-state index contributed by atoms with van der Waals surface area (Å²) in [5, 5.41) is 9.78. The van der Waals surface area contributed by atoms with Crippen LogP contribution in [0.3, 0.4) is 0 Å². The van der Waals surface area contributed by atoms with Crippen molar-refractivity contribution in [2.45, 2.75) is 33.8 Å². The van der Waals surface area contributed by atoms with Gasteiger partial charge < -0.3 is 19.1 Å². The molecule has 0 heterocycles. The minimum absolute atomic E-state index is 0.0612. The van der Waals surface area contributed by atoms with E-state index in [0.29, 0.717) is 0 Å². The highest BCUT2D eigenvalue weighted by Gasteiger charge is 2.15. The molecule has 0 aliphatic rings. The molecule has 9 nitrogen and oxygen atoms in total. The summed E-state index contributed by atoms with van der Waals surface area (Å²) in [5.41, 5.74) is 0. The minimum atomic E-state index is -0.875. The molecule has 0 fully saturated rings. The van der Waals surface area contributed by atoms with E-state index in [1.807, 2.05) is 0 Å². The molecule has 0 rings (SSSR count). The summed E-state index contributed by atoms with van der Waals surface area (Å²) in [5.74, 6) is -1.46. The van der Waals surface area contributed by atoms with Crippen molar-refractivity contribution in [3.63, 3.8) is 0 Å². The van der Waals surface area contributed by atoms with E-state index in [1.165, 1.54) is 11.9 Å². The number of hydrogen-bond acceptors (Lipinski definition) is 7. The second-order valence-corrected chi connectivity index (χ2v) is 5.33. The van der Waals surface area contributed by atoms with E-state index < -0.39 is 12.1 Å². The van der Waals surface area contributed by atoms with Crippen LogP contribution in [0.25, 0.3) is 0 Å². The zero-order valence-electron chi connectivity index (χ0n) is 14.2. The summed E-state index contributed by atoms with van der Waals surface area (Å²) in [6.07, 6.45) is -1.13. The van der Waals surface area contributed by atoms with Crippen LogP contribution in [0.5, 0.6) is 0 Å². The van der Waals surface area contributed by atoms with Crippen LogP contribution >= 0.6 is 0 Å². The van der Waals surface area contributed by atoms with E-state index in [1.54, 1.807) is 27.7 Å². The Bertz CT molecular complexity index is 436. The van der Waals surface area contributed by atoms with Crippen LogP contribution in [-0.4, -0.2) is 61.8 Å². The van der Waals surface area contributed by atoms with Crippen molar-refractivity contribution >= 4 is 24.0 Å². The molecule has 0 aliphatic heterocycles. The Hall–Kier alpha value is -2.32. The van der Waals surface area contributed by atoms with Gasteiger partial charge >= 0.3 is 18.0 Å². The first-order chi connectivity index (χ1) is 10.6. The van der Waals surface area contributed by atoms with E-state index in [9.17, 15) is 14.4 Å². The Balaban J connectivity index is 3.98. The second-order valence-electron chi connectivity index (χ2n) is 5.33. The number of guanidine groups is 1. The minimum Gasteiger partial charge on any atom is -0.462 e. The normalized spacial score (nSPS) is 10.2. The maximum Gasteiger partial charge on any atom is 0.414 e. The van der Waals surface area contributed by atoms with Crippen LogP contribution < -0.4 is 5.32 Å². The summed E-state index contributed by atoms with van der Waals surface area (Å²) in [6.45, 7) is 6.44. The van der Waals surface area contributed by atoms with Gasteiger partial charge in [-0.05, 0) is 13.8 Å². The number of ether oxygens (including phenoxy) is 3. The SMILES string of the molecule is CC(C)OC(=O)CN(C)C(=N)NC(=O)OCCOC(=O)C(C)C. The van der Waals surface area contributed by atoms with Gasteiger partial charge in [-0.2, -0.15) is 0 Å². The lowest BCUT2D eigenvalue weighted by Crippen LogP contribution is -2.44. The molecule has 0 atom stereocenters.